The summed E-state index contributed by atoms with van der Waals surface area (Å²) in [5, 5.41) is 15.7. The Balaban J connectivity index is 1.28. The second-order valence-corrected chi connectivity index (χ2v) is 9.33. The number of hydrogen-bond donors (Lipinski definition) is 1. The Bertz CT molecular complexity index is 1330. The highest BCUT2D eigenvalue weighted by Gasteiger charge is 2.22. The number of aromatic nitrogens is 5. The molecule has 10 heteroatoms. The van der Waals surface area contributed by atoms with Crippen molar-refractivity contribution in [1.29, 1.82) is 0 Å². The van der Waals surface area contributed by atoms with Gasteiger partial charge >= 0.3 is 4.87 Å². The van der Waals surface area contributed by atoms with Crippen LogP contribution in [0.3, 0.4) is 0 Å². The van der Waals surface area contributed by atoms with E-state index in [-0.39, 0.29) is 10.8 Å². The molecule has 1 N–H and O–H groups in total. The van der Waals surface area contributed by atoms with Crippen LogP contribution in [0.2, 0.25) is 0 Å². The van der Waals surface area contributed by atoms with Gasteiger partial charge in [-0.15, -0.1) is 0 Å². The van der Waals surface area contributed by atoms with Gasteiger partial charge in [0.2, 0.25) is 5.88 Å². The third kappa shape index (κ3) is 4.46. The zero-order valence-corrected chi connectivity index (χ0v) is 20.1. The molecule has 34 heavy (non-hydrogen) atoms. The first-order valence-corrected chi connectivity index (χ1v) is 12.1. The number of piperazine rings is 1. The first-order valence-electron chi connectivity index (χ1n) is 11.2. The van der Waals surface area contributed by atoms with Crippen molar-refractivity contribution in [3.05, 3.63) is 74.7 Å². The third-order valence-electron chi connectivity index (χ3n) is 6.41. The van der Waals surface area contributed by atoms with E-state index in [1.54, 1.807) is 12.4 Å². The lowest BCUT2D eigenvalue weighted by atomic mass is 10.1. The van der Waals surface area contributed by atoms with E-state index in [9.17, 15) is 9.90 Å². The van der Waals surface area contributed by atoms with Crippen molar-refractivity contribution in [2.75, 3.05) is 31.1 Å². The van der Waals surface area contributed by atoms with Gasteiger partial charge in [-0.3, -0.25) is 23.9 Å². The van der Waals surface area contributed by atoms with Gasteiger partial charge in [-0.2, -0.15) is 5.10 Å². The number of hydrogen-bond acceptors (Lipinski definition) is 8. The van der Waals surface area contributed by atoms with Crippen LogP contribution in [0.15, 0.2) is 53.0 Å². The van der Waals surface area contributed by atoms with Crippen LogP contribution >= 0.6 is 11.3 Å². The normalized spacial score (nSPS) is 14.6. The molecule has 0 spiro atoms. The fourth-order valence-electron chi connectivity index (χ4n) is 4.24. The lowest BCUT2D eigenvalue weighted by Crippen LogP contribution is -2.46. The minimum atomic E-state index is -0.171. The van der Waals surface area contributed by atoms with Gasteiger partial charge in [0.15, 0.2) is 5.82 Å². The Morgan fingerprint density at radius 1 is 1.03 bits per heavy atom. The van der Waals surface area contributed by atoms with Crippen molar-refractivity contribution in [1.82, 2.24) is 29.2 Å². The maximum Gasteiger partial charge on any atom is 0.310 e. The summed E-state index contributed by atoms with van der Waals surface area (Å²) in [5.74, 6) is 0.882. The first kappa shape index (κ1) is 22.3. The predicted molar refractivity (Wildman–Crippen MR) is 132 cm³/mol. The van der Waals surface area contributed by atoms with E-state index in [0.29, 0.717) is 6.54 Å². The van der Waals surface area contributed by atoms with E-state index in [1.165, 1.54) is 21.2 Å². The summed E-state index contributed by atoms with van der Waals surface area (Å²) in [6.45, 7) is 7.00. The van der Waals surface area contributed by atoms with Crippen molar-refractivity contribution in [3.8, 4) is 17.1 Å². The highest BCUT2D eigenvalue weighted by atomic mass is 32.1. The lowest BCUT2D eigenvalue weighted by Gasteiger charge is -2.35. The SMILES string of the molecule is Cc1c(CN2CCN(c3nccnc3-c3ccc(Cn4c(O)csc4=O)cc3)CC2)cnn1C. The minimum Gasteiger partial charge on any atom is -0.494 e. The van der Waals surface area contributed by atoms with Crippen LogP contribution in [0.5, 0.6) is 5.88 Å². The van der Waals surface area contributed by atoms with Crippen molar-refractivity contribution in [2.45, 2.75) is 20.0 Å². The Hall–Kier alpha value is -3.50. The lowest BCUT2D eigenvalue weighted by molar-refractivity contribution is 0.249. The molecule has 1 fully saturated rings. The number of aromatic hydroxyl groups is 1. The van der Waals surface area contributed by atoms with E-state index < -0.39 is 0 Å². The Labute approximate surface area is 201 Å². The zero-order chi connectivity index (χ0) is 23.7. The molecule has 1 aromatic carbocycles. The summed E-state index contributed by atoms with van der Waals surface area (Å²) in [5.41, 5.74) is 5.24. The second kappa shape index (κ2) is 9.40. The molecule has 0 bridgehead atoms. The summed E-state index contributed by atoms with van der Waals surface area (Å²) in [4.78, 5) is 25.8. The number of rotatable bonds is 6. The third-order valence-corrected chi connectivity index (χ3v) is 7.16. The van der Waals surface area contributed by atoms with Crippen molar-refractivity contribution in [2.24, 2.45) is 7.05 Å². The maximum atomic E-state index is 11.9. The van der Waals surface area contributed by atoms with Crippen LogP contribution in [-0.4, -0.2) is 60.5 Å². The largest absolute Gasteiger partial charge is 0.494 e. The number of benzene rings is 1. The summed E-state index contributed by atoms with van der Waals surface area (Å²) < 4.78 is 3.28. The average molecular weight is 478 g/mol. The molecule has 0 radical (unpaired) electrons. The Morgan fingerprint density at radius 2 is 1.76 bits per heavy atom. The molecule has 3 aromatic heterocycles. The molecule has 1 aliphatic rings. The van der Waals surface area contributed by atoms with Crippen LogP contribution < -0.4 is 9.77 Å². The summed E-state index contributed by atoms with van der Waals surface area (Å²) in [6, 6.07) is 7.93. The molecule has 0 saturated carbocycles. The minimum absolute atomic E-state index is 0.00637. The van der Waals surface area contributed by atoms with Crippen LogP contribution in [0, 0.1) is 6.92 Å². The number of anilines is 1. The zero-order valence-electron chi connectivity index (χ0n) is 19.3. The van der Waals surface area contributed by atoms with Gasteiger partial charge in [-0.05, 0) is 12.5 Å². The van der Waals surface area contributed by atoms with Gasteiger partial charge in [0, 0.05) is 69.0 Å². The molecule has 0 amide bonds. The smallest absolute Gasteiger partial charge is 0.310 e. The van der Waals surface area contributed by atoms with Gasteiger partial charge in [-0.1, -0.05) is 35.6 Å². The van der Waals surface area contributed by atoms with Crippen LogP contribution in [-0.2, 0) is 20.1 Å². The van der Waals surface area contributed by atoms with Crippen LogP contribution in [0.25, 0.3) is 11.3 Å². The predicted octanol–water partition coefficient (Wildman–Crippen LogP) is 2.48. The maximum absolute atomic E-state index is 11.9. The molecular formula is C24H27N7O2S. The monoisotopic (exact) mass is 477 g/mol. The molecule has 1 saturated heterocycles. The van der Waals surface area contributed by atoms with E-state index in [1.807, 2.05) is 42.2 Å². The van der Waals surface area contributed by atoms with E-state index >= 15 is 0 Å². The topological polar surface area (TPSA) is 92.3 Å². The van der Waals surface area contributed by atoms with Crippen molar-refractivity contribution < 1.29 is 5.11 Å². The molecule has 4 aromatic rings. The van der Waals surface area contributed by atoms with Gasteiger partial charge in [0.05, 0.1) is 18.1 Å². The number of aryl methyl sites for hydroxylation is 1. The number of thiazole rings is 1. The van der Waals surface area contributed by atoms with Crippen molar-refractivity contribution >= 4 is 17.2 Å². The fraction of sp³-hybridized carbons (Fsp3) is 0.333. The Morgan fingerprint density at radius 3 is 2.41 bits per heavy atom. The summed E-state index contributed by atoms with van der Waals surface area (Å²) >= 11 is 0.996. The number of nitrogens with zero attached hydrogens (tertiary/aromatic N) is 7. The fourth-order valence-corrected chi connectivity index (χ4v) is 4.86. The molecule has 0 atom stereocenters. The summed E-state index contributed by atoms with van der Waals surface area (Å²) in [7, 11) is 1.98. The van der Waals surface area contributed by atoms with Gasteiger partial charge in [-0.25, -0.2) is 4.98 Å². The van der Waals surface area contributed by atoms with E-state index in [0.717, 1.165) is 66.7 Å². The molecule has 4 heterocycles. The van der Waals surface area contributed by atoms with Crippen molar-refractivity contribution in [3.63, 3.8) is 0 Å². The highest BCUT2D eigenvalue weighted by Crippen LogP contribution is 2.28. The molecule has 0 aliphatic carbocycles. The van der Waals surface area contributed by atoms with Gasteiger partial charge < -0.3 is 10.0 Å². The molecule has 176 valence electrons. The van der Waals surface area contributed by atoms with E-state index in [4.69, 9.17) is 0 Å². The van der Waals surface area contributed by atoms with E-state index in [2.05, 4.69) is 31.8 Å². The molecule has 0 unspecified atom stereocenters. The van der Waals surface area contributed by atoms with Gasteiger partial charge in [0.1, 0.15) is 5.69 Å². The molecular weight excluding hydrogens is 450 g/mol. The second-order valence-electron chi connectivity index (χ2n) is 8.51. The van der Waals surface area contributed by atoms with Gasteiger partial charge in [0.25, 0.3) is 0 Å². The average Bonchev–Trinajstić information content (AvgIpc) is 3.35. The molecule has 5 rings (SSSR count). The Kier molecular flexibility index (Phi) is 6.16. The highest BCUT2D eigenvalue weighted by molar-refractivity contribution is 7.07. The summed E-state index contributed by atoms with van der Waals surface area (Å²) in [6.07, 6.45) is 5.42. The quantitative estimate of drug-likeness (QED) is 0.456. The van der Waals surface area contributed by atoms with Crippen LogP contribution in [0.4, 0.5) is 5.82 Å². The standard InChI is InChI=1S/C24H27N7O2S/c1-17-20(13-27-28(17)2)15-29-9-11-30(12-10-29)23-22(25-7-8-26-23)19-5-3-18(4-6-19)14-31-21(32)16-34-24(31)33/h3-8,13,16,32H,9-12,14-15H2,1-2H3. The molecule has 1 aliphatic heterocycles. The molecule has 9 nitrogen and oxygen atoms in total. The van der Waals surface area contributed by atoms with Crippen LogP contribution in [0.1, 0.15) is 16.8 Å². The first-order chi connectivity index (χ1) is 16.5.